The van der Waals surface area contributed by atoms with Gasteiger partial charge in [-0.3, -0.25) is 4.79 Å². The summed E-state index contributed by atoms with van der Waals surface area (Å²) in [6.07, 6.45) is 4.07. The van der Waals surface area contributed by atoms with Crippen molar-refractivity contribution in [3.63, 3.8) is 0 Å². The number of nitrogens with one attached hydrogen (secondary N) is 1. The van der Waals surface area contributed by atoms with Crippen LogP contribution in [0.15, 0.2) is 71.4 Å². The van der Waals surface area contributed by atoms with Crippen molar-refractivity contribution < 1.29 is 13.9 Å². The molecule has 0 saturated heterocycles. The Morgan fingerprint density at radius 3 is 2.61 bits per heavy atom. The minimum atomic E-state index is -0.205. The molecule has 1 N–H and O–H groups in total. The highest BCUT2D eigenvalue weighted by atomic mass is 35.5. The number of anilines is 1. The van der Waals surface area contributed by atoms with Gasteiger partial charge in [0.25, 0.3) is 0 Å². The van der Waals surface area contributed by atoms with Gasteiger partial charge in [-0.25, -0.2) is 0 Å². The molecule has 0 fully saturated rings. The summed E-state index contributed by atoms with van der Waals surface area (Å²) < 4.78 is 11.4. The number of halogens is 2. The summed E-state index contributed by atoms with van der Waals surface area (Å²) in [4.78, 5) is 12.8. The van der Waals surface area contributed by atoms with Crippen molar-refractivity contribution in [1.29, 1.82) is 0 Å². The first-order chi connectivity index (χ1) is 15.9. The smallest absolute Gasteiger partial charge is 0.248 e. The maximum Gasteiger partial charge on any atom is 0.248 e. The van der Waals surface area contributed by atoms with Crippen molar-refractivity contribution in [1.82, 2.24) is 0 Å². The van der Waals surface area contributed by atoms with Gasteiger partial charge in [-0.05, 0) is 48.7 Å². The van der Waals surface area contributed by atoms with Crippen LogP contribution in [0.25, 0.3) is 27.7 Å². The summed E-state index contributed by atoms with van der Waals surface area (Å²) in [5, 5.41) is 4.93. The number of furan rings is 1. The first-order valence-corrected chi connectivity index (χ1v) is 11.3. The number of aryl methyl sites for hydroxylation is 1. The van der Waals surface area contributed by atoms with E-state index in [4.69, 9.17) is 32.4 Å². The van der Waals surface area contributed by atoms with E-state index in [1.165, 1.54) is 0 Å². The van der Waals surface area contributed by atoms with Crippen molar-refractivity contribution in [2.45, 2.75) is 20.3 Å². The van der Waals surface area contributed by atoms with E-state index in [0.717, 1.165) is 45.3 Å². The fourth-order valence-corrected chi connectivity index (χ4v) is 4.35. The molecule has 4 nitrogen and oxygen atoms in total. The molecule has 0 aliphatic heterocycles. The number of carbonyl (C=O) groups excluding carboxylic acids is 1. The van der Waals surface area contributed by atoms with Gasteiger partial charge in [-0.15, -0.1) is 0 Å². The van der Waals surface area contributed by atoms with Crippen LogP contribution in [0.1, 0.15) is 25.0 Å². The molecule has 4 aromatic rings. The van der Waals surface area contributed by atoms with E-state index in [9.17, 15) is 4.79 Å². The first kappa shape index (κ1) is 23.0. The minimum absolute atomic E-state index is 0.205. The molecule has 0 aliphatic rings. The topological polar surface area (TPSA) is 51.5 Å². The number of para-hydroxylation sites is 1. The molecule has 0 aliphatic carbocycles. The number of fused-ring (bicyclic) bond motifs is 1. The van der Waals surface area contributed by atoms with Gasteiger partial charge in [-0.1, -0.05) is 54.4 Å². The van der Waals surface area contributed by atoms with Crippen LogP contribution in [0.4, 0.5) is 5.69 Å². The van der Waals surface area contributed by atoms with Crippen molar-refractivity contribution in [3.05, 3.63) is 88.1 Å². The van der Waals surface area contributed by atoms with Gasteiger partial charge in [0.1, 0.15) is 11.3 Å². The SMILES string of the molecule is CCc1ccccc1NC(=O)/C=C(\C)c1cc2c(-c3ccc(Cl)cc3Cl)coc2cc1OC. The summed E-state index contributed by atoms with van der Waals surface area (Å²) in [5.41, 5.74) is 5.75. The Balaban J connectivity index is 1.73. The predicted molar refractivity (Wildman–Crippen MR) is 136 cm³/mol. The average Bonchev–Trinajstić information content (AvgIpc) is 3.21. The lowest BCUT2D eigenvalue weighted by Gasteiger charge is -2.11. The maximum atomic E-state index is 12.8. The van der Waals surface area contributed by atoms with Crippen LogP contribution in [0.3, 0.4) is 0 Å². The molecule has 1 amide bonds. The summed E-state index contributed by atoms with van der Waals surface area (Å²) in [6, 6.07) is 16.9. The Labute approximate surface area is 202 Å². The number of carbonyl (C=O) groups is 1. The molecular formula is C27H23Cl2NO3. The molecule has 0 bridgehead atoms. The largest absolute Gasteiger partial charge is 0.496 e. The molecule has 3 aromatic carbocycles. The maximum absolute atomic E-state index is 12.8. The molecule has 6 heteroatoms. The summed E-state index contributed by atoms with van der Waals surface area (Å²) in [6.45, 7) is 3.94. The second-order valence-electron chi connectivity index (χ2n) is 7.65. The Kier molecular flexibility index (Phi) is 6.77. The summed E-state index contributed by atoms with van der Waals surface area (Å²) >= 11 is 12.5. The van der Waals surface area contributed by atoms with E-state index < -0.39 is 0 Å². The standard InChI is InChI=1S/C27H23Cl2NO3/c1-4-17-7-5-6-8-24(17)30-27(31)11-16(2)20-13-21-22(15-33-26(21)14-25(20)32-3)19-10-9-18(28)12-23(19)29/h5-15H,4H2,1-3H3,(H,30,31)/b16-11+. The van der Waals surface area contributed by atoms with Crippen LogP contribution in [0.2, 0.25) is 10.0 Å². The first-order valence-electron chi connectivity index (χ1n) is 10.5. The Bertz CT molecular complexity index is 1370. The lowest BCUT2D eigenvalue weighted by molar-refractivity contribution is -0.111. The molecule has 0 radical (unpaired) electrons. The summed E-state index contributed by atoms with van der Waals surface area (Å²) in [7, 11) is 1.59. The van der Waals surface area contributed by atoms with E-state index in [1.54, 1.807) is 31.6 Å². The number of amides is 1. The quantitative estimate of drug-likeness (QED) is 0.284. The van der Waals surface area contributed by atoms with Crippen molar-refractivity contribution >= 4 is 51.3 Å². The molecule has 168 valence electrons. The van der Waals surface area contributed by atoms with Crippen LogP contribution >= 0.6 is 23.2 Å². The number of hydrogen-bond donors (Lipinski definition) is 1. The van der Waals surface area contributed by atoms with Gasteiger partial charge in [0.15, 0.2) is 0 Å². The van der Waals surface area contributed by atoms with Crippen molar-refractivity contribution in [2.24, 2.45) is 0 Å². The van der Waals surface area contributed by atoms with Crippen LogP contribution < -0.4 is 10.1 Å². The second-order valence-corrected chi connectivity index (χ2v) is 8.49. The van der Waals surface area contributed by atoms with Gasteiger partial charge in [-0.2, -0.15) is 0 Å². The lowest BCUT2D eigenvalue weighted by Crippen LogP contribution is -2.10. The molecule has 1 heterocycles. The van der Waals surface area contributed by atoms with Gasteiger partial charge in [0.2, 0.25) is 5.91 Å². The van der Waals surface area contributed by atoms with E-state index >= 15 is 0 Å². The number of ether oxygens (including phenoxy) is 1. The lowest BCUT2D eigenvalue weighted by atomic mass is 9.99. The number of methoxy groups -OCH3 is 1. The normalized spacial score (nSPS) is 11.6. The van der Waals surface area contributed by atoms with Crippen molar-refractivity contribution in [2.75, 3.05) is 12.4 Å². The highest BCUT2D eigenvalue weighted by Gasteiger charge is 2.17. The van der Waals surface area contributed by atoms with Gasteiger partial charge >= 0.3 is 0 Å². The highest BCUT2D eigenvalue weighted by molar-refractivity contribution is 6.36. The number of hydrogen-bond acceptors (Lipinski definition) is 3. The van der Waals surface area contributed by atoms with Crippen LogP contribution in [-0.2, 0) is 11.2 Å². The molecule has 33 heavy (non-hydrogen) atoms. The van der Waals surface area contributed by atoms with Gasteiger partial charge in [0, 0.05) is 44.9 Å². The molecular weight excluding hydrogens is 457 g/mol. The van der Waals surface area contributed by atoms with Crippen molar-refractivity contribution in [3.8, 4) is 16.9 Å². The van der Waals surface area contributed by atoms with E-state index in [-0.39, 0.29) is 5.91 Å². The third-order valence-corrected chi connectivity index (χ3v) is 6.09. The third kappa shape index (κ3) is 4.77. The Morgan fingerprint density at radius 1 is 1.09 bits per heavy atom. The molecule has 0 spiro atoms. The molecule has 0 unspecified atom stereocenters. The number of allylic oxidation sites excluding steroid dienone is 1. The fourth-order valence-electron chi connectivity index (χ4n) is 3.84. The van der Waals surface area contributed by atoms with Gasteiger partial charge in [0.05, 0.1) is 18.4 Å². The number of benzene rings is 3. The molecule has 0 atom stereocenters. The van der Waals surface area contributed by atoms with E-state index in [1.807, 2.05) is 49.4 Å². The zero-order valence-corrected chi connectivity index (χ0v) is 20.1. The number of rotatable bonds is 6. The average molecular weight is 480 g/mol. The Morgan fingerprint density at radius 2 is 1.88 bits per heavy atom. The minimum Gasteiger partial charge on any atom is -0.496 e. The second kappa shape index (κ2) is 9.74. The van der Waals surface area contributed by atoms with E-state index in [2.05, 4.69) is 12.2 Å². The highest BCUT2D eigenvalue weighted by Crippen LogP contribution is 2.40. The third-order valence-electron chi connectivity index (χ3n) is 5.55. The zero-order chi connectivity index (χ0) is 23.5. The molecule has 1 aromatic heterocycles. The monoisotopic (exact) mass is 479 g/mol. The molecule has 0 saturated carbocycles. The zero-order valence-electron chi connectivity index (χ0n) is 18.5. The Hall–Kier alpha value is -3.21. The fraction of sp³-hybridized carbons (Fsp3) is 0.148. The predicted octanol–water partition coefficient (Wildman–Crippen LogP) is 8.02. The van der Waals surface area contributed by atoms with Crippen LogP contribution in [0, 0.1) is 0 Å². The van der Waals surface area contributed by atoms with E-state index in [0.29, 0.717) is 21.4 Å². The van der Waals surface area contributed by atoms with Crippen LogP contribution in [0.5, 0.6) is 5.75 Å². The van der Waals surface area contributed by atoms with Crippen LogP contribution in [-0.4, -0.2) is 13.0 Å². The molecule has 4 rings (SSSR count). The van der Waals surface area contributed by atoms with Gasteiger partial charge < -0.3 is 14.5 Å². The summed E-state index contributed by atoms with van der Waals surface area (Å²) in [5.74, 6) is 0.407.